The molecule has 0 fully saturated rings. The summed E-state index contributed by atoms with van der Waals surface area (Å²) in [5, 5.41) is 2.95. The maximum absolute atomic E-state index is 13.7. The van der Waals surface area contributed by atoms with Gasteiger partial charge in [-0.2, -0.15) is 0 Å². The number of benzene rings is 2. The van der Waals surface area contributed by atoms with Crippen LogP contribution in [0.2, 0.25) is 0 Å². The van der Waals surface area contributed by atoms with Crippen molar-refractivity contribution < 1.29 is 22.7 Å². The number of methoxy groups -OCH3 is 1. The van der Waals surface area contributed by atoms with Crippen LogP contribution in [0, 0.1) is 6.92 Å². The van der Waals surface area contributed by atoms with Crippen molar-refractivity contribution in [2.45, 2.75) is 59.2 Å². The van der Waals surface area contributed by atoms with Gasteiger partial charge in [0.1, 0.15) is 18.3 Å². The molecule has 1 N–H and O–H groups in total. The van der Waals surface area contributed by atoms with Gasteiger partial charge in [0, 0.05) is 12.1 Å². The monoisotopic (exact) mass is 503 g/mol. The molecule has 0 aliphatic heterocycles. The van der Waals surface area contributed by atoms with Crippen molar-refractivity contribution in [2.75, 3.05) is 24.2 Å². The summed E-state index contributed by atoms with van der Waals surface area (Å²) in [4.78, 5) is 28.3. The number of carbonyl (C=O) groups is 2. The van der Waals surface area contributed by atoms with E-state index in [1.54, 1.807) is 24.3 Å². The van der Waals surface area contributed by atoms with Gasteiger partial charge in [0.05, 0.1) is 19.1 Å². The molecule has 1 atom stereocenters. The largest absolute Gasteiger partial charge is 0.497 e. The quantitative estimate of drug-likeness (QED) is 0.535. The van der Waals surface area contributed by atoms with Crippen molar-refractivity contribution in [3.8, 4) is 5.75 Å². The zero-order valence-corrected chi connectivity index (χ0v) is 22.5. The number of rotatable bonds is 10. The van der Waals surface area contributed by atoms with Crippen LogP contribution in [0.15, 0.2) is 48.5 Å². The number of nitrogens with zero attached hydrogens (tertiary/aromatic N) is 2. The number of amides is 2. The molecule has 192 valence electrons. The molecule has 0 saturated carbocycles. The number of hydrogen-bond acceptors (Lipinski definition) is 5. The second kappa shape index (κ2) is 11.6. The third-order valence-electron chi connectivity index (χ3n) is 5.36. The first-order chi connectivity index (χ1) is 16.2. The Balaban J connectivity index is 2.45. The van der Waals surface area contributed by atoms with Gasteiger partial charge < -0.3 is 15.0 Å². The number of hydrogen-bond donors (Lipinski definition) is 1. The lowest BCUT2D eigenvalue weighted by Gasteiger charge is -2.34. The van der Waals surface area contributed by atoms with Gasteiger partial charge in [-0.25, -0.2) is 8.42 Å². The van der Waals surface area contributed by atoms with Crippen molar-refractivity contribution in [3.05, 3.63) is 59.7 Å². The summed E-state index contributed by atoms with van der Waals surface area (Å²) in [6.07, 6.45) is 1.43. The maximum atomic E-state index is 13.7. The zero-order valence-electron chi connectivity index (χ0n) is 21.7. The van der Waals surface area contributed by atoms with E-state index in [4.69, 9.17) is 4.74 Å². The van der Waals surface area contributed by atoms with Crippen LogP contribution >= 0.6 is 0 Å². The first-order valence-electron chi connectivity index (χ1n) is 11.5. The average molecular weight is 504 g/mol. The predicted molar refractivity (Wildman–Crippen MR) is 139 cm³/mol. The highest BCUT2D eigenvalue weighted by atomic mass is 32.2. The van der Waals surface area contributed by atoms with Crippen molar-refractivity contribution in [3.63, 3.8) is 0 Å². The number of ether oxygens (including phenoxy) is 1. The molecule has 0 radical (unpaired) electrons. The molecule has 0 bridgehead atoms. The Morgan fingerprint density at radius 3 is 2.20 bits per heavy atom. The first-order valence-corrected chi connectivity index (χ1v) is 13.4. The number of sulfonamides is 1. The van der Waals surface area contributed by atoms with Gasteiger partial charge in [0.2, 0.25) is 21.8 Å². The first kappa shape index (κ1) is 28.2. The molecular weight excluding hydrogens is 466 g/mol. The van der Waals surface area contributed by atoms with Crippen LogP contribution in [0.3, 0.4) is 0 Å². The number of carbonyl (C=O) groups excluding carboxylic acids is 2. The standard InChI is InChI=1S/C26H37N3O5S/c1-8-23(25(31)27-26(3,4)5)28(17-20-11-9-10-19(2)16-20)24(30)18-29(35(7,32)33)21-12-14-22(34-6)15-13-21/h9-16,23H,8,17-18H2,1-7H3,(H,27,31)/t23-/m0/s1. The van der Waals surface area contributed by atoms with Gasteiger partial charge in [-0.05, 0) is 63.9 Å². The molecule has 2 rings (SSSR count). The van der Waals surface area contributed by atoms with Crippen molar-refractivity contribution in [1.29, 1.82) is 0 Å². The Kier molecular flexibility index (Phi) is 9.31. The fraction of sp³-hybridized carbons (Fsp3) is 0.462. The van der Waals surface area contributed by atoms with E-state index in [-0.39, 0.29) is 12.5 Å². The van der Waals surface area contributed by atoms with Crippen molar-refractivity contribution in [1.82, 2.24) is 10.2 Å². The molecule has 8 nitrogen and oxygen atoms in total. The smallest absolute Gasteiger partial charge is 0.244 e. The number of nitrogens with one attached hydrogen (secondary N) is 1. The minimum Gasteiger partial charge on any atom is -0.497 e. The number of anilines is 1. The summed E-state index contributed by atoms with van der Waals surface area (Å²) in [6.45, 7) is 9.15. The molecule has 9 heteroatoms. The van der Waals surface area contributed by atoms with E-state index < -0.39 is 34.1 Å². The second-order valence-corrected chi connectivity index (χ2v) is 11.5. The molecule has 0 aliphatic rings. The van der Waals surface area contributed by atoms with E-state index in [1.165, 1.54) is 12.0 Å². The molecule has 2 amide bonds. The number of aryl methyl sites for hydroxylation is 1. The van der Waals surface area contributed by atoms with E-state index in [9.17, 15) is 18.0 Å². The van der Waals surface area contributed by atoms with E-state index >= 15 is 0 Å². The highest BCUT2D eigenvalue weighted by Gasteiger charge is 2.33. The fourth-order valence-electron chi connectivity index (χ4n) is 3.74. The molecule has 0 aliphatic carbocycles. The predicted octanol–water partition coefficient (Wildman–Crippen LogP) is 3.49. The van der Waals surface area contributed by atoms with Gasteiger partial charge in [-0.3, -0.25) is 13.9 Å². The molecule has 35 heavy (non-hydrogen) atoms. The third kappa shape index (κ3) is 8.28. The summed E-state index contributed by atoms with van der Waals surface area (Å²) in [7, 11) is -2.27. The van der Waals surface area contributed by atoms with Gasteiger partial charge in [-0.1, -0.05) is 36.8 Å². The molecule has 0 spiro atoms. The molecular formula is C26H37N3O5S. The summed E-state index contributed by atoms with van der Waals surface area (Å²) >= 11 is 0. The summed E-state index contributed by atoms with van der Waals surface area (Å²) < 4.78 is 31.5. The molecule has 0 heterocycles. The Morgan fingerprint density at radius 1 is 1.09 bits per heavy atom. The van der Waals surface area contributed by atoms with Gasteiger partial charge >= 0.3 is 0 Å². The molecule has 2 aromatic rings. The lowest BCUT2D eigenvalue weighted by molar-refractivity contribution is -0.141. The van der Waals surface area contributed by atoms with E-state index in [1.807, 2.05) is 58.9 Å². The SMILES string of the molecule is CC[C@@H](C(=O)NC(C)(C)C)N(Cc1cccc(C)c1)C(=O)CN(c1ccc(OC)cc1)S(C)(=O)=O. The Morgan fingerprint density at radius 2 is 1.71 bits per heavy atom. The third-order valence-corrected chi connectivity index (χ3v) is 6.50. The van der Waals surface area contributed by atoms with E-state index in [0.717, 1.165) is 21.7 Å². The summed E-state index contributed by atoms with van der Waals surface area (Å²) in [5.74, 6) is -0.181. The van der Waals surface area contributed by atoms with Crippen LogP contribution < -0.4 is 14.4 Å². The maximum Gasteiger partial charge on any atom is 0.244 e. The minimum absolute atomic E-state index is 0.177. The molecule has 0 aromatic heterocycles. The van der Waals surface area contributed by atoms with E-state index in [0.29, 0.717) is 17.9 Å². The van der Waals surface area contributed by atoms with Crippen LogP contribution in [-0.2, 0) is 26.2 Å². The van der Waals surface area contributed by atoms with Crippen LogP contribution in [0.4, 0.5) is 5.69 Å². The molecule has 2 aromatic carbocycles. The molecule has 0 unspecified atom stereocenters. The Hall–Kier alpha value is -3.07. The Bertz CT molecular complexity index is 1120. The normalized spacial score (nSPS) is 12.5. The van der Waals surface area contributed by atoms with Crippen LogP contribution in [0.1, 0.15) is 45.2 Å². The van der Waals surface area contributed by atoms with Crippen molar-refractivity contribution in [2.24, 2.45) is 0 Å². The van der Waals surface area contributed by atoms with Crippen LogP contribution in [-0.4, -0.2) is 56.6 Å². The van der Waals surface area contributed by atoms with Gasteiger partial charge in [0.15, 0.2) is 0 Å². The van der Waals surface area contributed by atoms with Gasteiger partial charge in [0.25, 0.3) is 0 Å². The van der Waals surface area contributed by atoms with Gasteiger partial charge in [-0.15, -0.1) is 0 Å². The summed E-state index contributed by atoms with van der Waals surface area (Å²) in [5.41, 5.74) is 1.74. The minimum atomic E-state index is -3.78. The summed E-state index contributed by atoms with van der Waals surface area (Å²) in [6, 6.07) is 13.4. The highest BCUT2D eigenvalue weighted by Crippen LogP contribution is 2.23. The average Bonchev–Trinajstić information content (AvgIpc) is 2.75. The lowest BCUT2D eigenvalue weighted by Crippen LogP contribution is -2.55. The van der Waals surface area contributed by atoms with E-state index in [2.05, 4.69) is 5.32 Å². The zero-order chi connectivity index (χ0) is 26.4. The second-order valence-electron chi connectivity index (χ2n) is 9.64. The fourth-order valence-corrected chi connectivity index (χ4v) is 4.59. The Labute approximate surface area is 209 Å². The van der Waals surface area contributed by atoms with Crippen molar-refractivity contribution >= 4 is 27.5 Å². The lowest BCUT2D eigenvalue weighted by atomic mass is 10.0. The molecule has 0 saturated heterocycles. The topological polar surface area (TPSA) is 96.0 Å². The highest BCUT2D eigenvalue weighted by molar-refractivity contribution is 7.92. The van der Waals surface area contributed by atoms with Crippen LogP contribution in [0.25, 0.3) is 0 Å². The van der Waals surface area contributed by atoms with Crippen LogP contribution in [0.5, 0.6) is 5.75 Å².